The Hall–Kier alpha value is -0.480. The number of rotatable bonds is 1. The zero-order valence-corrected chi connectivity index (χ0v) is 7.90. The topological polar surface area (TPSA) is 20.2 Å². The highest BCUT2D eigenvalue weighted by atomic mass is 16.3. The Bertz CT molecular complexity index is 179. The molecule has 1 nitrogen and oxygen atoms in total. The molecule has 1 aliphatic rings. The minimum atomic E-state index is -0.632. The van der Waals surface area contributed by atoms with Gasteiger partial charge in [0, 0.05) is 6.42 Å². The Kier molecular flexibility index (Phi) is 3.62. The molecule has 0 aromatic carbocycles. The maximum atomic E-state index is 9.92. The summed E-state index contributed by atoms with van der Waals surface area (Å²) in [7, 11) is 0. The highest BCUT2D eigenvalue weighted by molar-refractivity contribution is 5.14. The summed E-state index contributed by atoms with van der Waals surface area (Å²) in [6, 6.07) is 0. The van der Waals surface area contributed by atoms with Gasteiger partial charge in [-0.15, -0.1) is 5.92 Å². The Morgan fingerprint density at radius 2 is 1.92 bits per heavy atom. The second kappa shape index (κ2) is 4.52. The van der Waals surface area contributed by atoms with Crippen LogP contribution in [0.1, 0.15) is 51.9 Å². The van der Waals surface area contributed by atoms with Crippen LogP contribution < -0.4 is 0 Å². The van der Waals surface area contributed by atoms with Crippen LogP contribution in [-0.4, -0.2) is 10.7 Å². The van der Waals surface area contributed by atoms with E-state index >= 15 is 0 Å². The van der Waals surface area contributed by atoms with Crippen LogP contribution in [0.25, 0.3) is 0 Å². The van der Waals surface area contributed by atoms with Crippen molar-refractivity contribution in [2.75, 3.05) is 0 Å². The van der Waals surface area contributed by atoms with Crippen molar-refractivity contribution < 1.29 is 5.11 Å². The fourth-order valence-electron chi connectivity index (χ4n) is 1.61. The van der Waals surface area contributed by atoms with E-state index in [1.165, 1.54) is 6.42 Å². The zero-order chi connectivity index (χ0) is 8.86. The number of unbranched alkanes of at least 4 members (excludes halogenated alkanes) is 1. The molecule has 12 heavy (non-hydrogen) atoms. The molecule has 0 atom stereocenters. The van der Waals surface area contributed by atoms with Gasteiger partial charge in [-0.2, -0.15) is 0 Å². The summed E-state index contributed by atoms with van der Waals surface area (Å²) < 4.78 is 0. The van der Waals surface area contributed by atoms with E-state index in [0.717, 1.165) is 38.5 Å². The molecule has 0 spiro atoms. The highest BCUT2D eigenvalue weighted by Crippen LogP contribution is 2.27. The molecule has 1 rings (SSSR count). The first-order valence-electron chi connectivity index (χ1n) is 4.99. The number of aliphatic hydroxyl groups is 1. The van der Waals surface area contributed by atoms with Crippen LogP contribution in [0.4, 0.5) is 0 Å². The van der Waals surface area contributed by atoms with Gasteiger partial charge >= 0.3 is 0 Å². The molecular formula is C11H18O. The van der Waals surface area contributed by atoms with Gasteiger partial charge in [0.15, 0.2) is 0 Å². The van der Waals surface area contributed by atoms with Crippen molar-refractivity contribution in [2.45, 2.75) is 57.5 Å². The lowest BCUT2D eigenvalue weighted by molar-refractivity contribution is 0.0609. The molecule has 0 heterocycles. The molecule has 1 N–H and O–H groups in total. The average molecular weight is 166 g/mol. The van der Waals surface area contributed by atoms with Crippen LogP contribution in [-0.2, 0) is 0 Å². The van der Waals surface area contributed by atoms with Crippen LogP contribution in [0.5, 0.6) is 0 Å². The molecule has 0 amide bonds. The number of hydrogen-bond acceptors (Lipinski definition) is 1. The molecule has 0 aliphatic heterocycles. The van der Waals surface area contributed by atoms with E-state index in [4.69, 9.17) is 0 Å². The molecule has 1 heteroatoms. The summed E-state index contributed by atoms with van der Waals surface area (Å²) in [5.41, 5.74) is -0.632. The fourth-order valence-corrected chi connectivity index (χ4v) is 1.61. The third kappa shape index (κ3) is 2.87. The van der Waals surface area contributed by atoms with Gasteiger partial charge in [0.25, 0.3) is 0 Å². The van der Waals surface area contributed by atoms with Gasteiger partial charge in [-0.25, -0.2) is 0 Å². The van der Waals surface area contributed by atoms with Crippen molar-refractivity contribution >= 4 is 0 Å². The molecule has 0 aromatic heterocycles. The molecule has 0 aromatic rings. The molecule has 0 saturated heterocycles. The lowest BCUT2D eigenvalue weighted by Gasteiger charge is -2.26. The Morgan fingerprint density at radius 1 is 1.25 bits per heavy atom. The second-order valence-electron chi connectivity index (χ2n) is 3.64. The third-order valence-corrected chi connectivity index (χ3v) is 2.38. The zero-order valence-electron chi connectivity index (χ0n) is 7.90. The lowest BCUT2D eigenvalue weighted by atomic mass is 9.85. The van der Waals surface area contributed by atoms with E-state index in [1.807, 2.05) is 0 Å². The van der Waals surface area contributed by atoms with Crippen LogP contribution in [0, 0.1) is 11.8 Å². The van der Waals surface area contributed by atoms with Gasteiger partial charge in [-0.1, -0.05) is 19.3 Å². The smallest absolute Gasteiger partial charge is 0.125 e. The second-order valence-corrected chi connectivity index (χ2v) is 3.64. The van der Waals surface area contributed by atoms with Gasteiger partial charge in [0.2, 0.25) is 0 Å². The summed E-state index contributed by atoms with van der Waals surface area (Å²) in [5.74, 6) is 6.05. The quantitative estimate of drug-likeness (QED) is 0.593. The van der Waals surface area contributed by atoms with E-state index < -0.39 is 5.60 Å². The Balaban J connectivity index is 2.42. The van der Waals surface area contributed by atoms with Crippen LogP contribution in [0.3, 0.4) is 0 Å². The Labute approximate surface area is 75.2 Å². The summed E-state index contributed by atoms with van der Waals surface area (Å²) in [5, 5.41) is 9.92. The van der Waals surface area contributed by atoms with Crippen LogP contribution in [0.2, 0.25) is 0 Å². The summed E-state index contributed by atoms with van der Waals surface area (Å²) in [4.78, 5) is 0. The minimum absolute atomic E-state index is 0.632. The van der Waals surface area contributed by atoms with E-state index in [2.05, 4.69) is 18.8 Å². The molecular weight excluding hydrogens is 148 g/mol. The molecule has 0 unspecified atom stereocenters. The van der Waals surface area contributed by atoms with Crippen molar-refractivity contribution in [1.29, 1.82) is 0 Å². The Morgan fingerprint density at radius 3 is 2.50 bits per heavy atom. The van der Waals surface area contributed by atoms with Crippen LogP contribution >= 0.6 is 0 Å². The molecule has 1 saturated carbocycles. The predicted molar refractivity (Wildman–Crippen MR) is 50.7 cm³/mol. The van der Waals surface area contributed by atoms with Gasteiger partial charge in [0.1, 0.15) is 5.60 Å². The molecule has 1 fully saturated rings. The van der Waals surface area contributed by atoms with Crippen molar-refractivity contribution in [3.63, 3.8) is 0 Å². The van der Waals surface area contributed by atoms with Gasteiger partial charge in [-0.05, 0) is 32.1 Å². The van der Waals surface area contributed by atoms with Gasteiger partial charge < -0.3 is 5.11 Å². The largest absolute Gasteiger partial charge is 0.378 e. The molecule has 68 valence electrons. The van der Waals surface area contributed by atoms with Crippen molar-refractivity contribution in [3.05, 3.63) is 0 Å². The van der Waals surface area contributed by atoms with E-state index in [-0.39, 0.29) is 0 Å². The van der Waals surface area contributed by atoms with Gasteiger partial charge in [-0.3, -0.25) is 0 Å². The van der Waals surface area contributed by atoms with Crippen molar-refractivity contribution in [1.82, 2.24) is 0 Å². The summed E-state index contributed by atoms with van der Waals surface area (Å²) in [6.45, 7) is 2.11. The standard InChI is InChI=1S/C11H18O/c1-2-3-5-8-11(12)9-6-4-7-10-11/h12H,2-4,6-7,9-10H2,1H3. The van der Waals surface area contributed by atoms with Crippen molar-refractivity contribution in [3.8, 4) is 11.8 Å². The first-order valence-corrected chi connectivity index (χ1v) is 4.99. The maximum absolute atomic E-state index is 9.92. The molecule has 0 radical (unpaired) electrons. The maximum Gasteiger partial charge on any atom is 0.125 e. The first kappa shape index (κ1) is 9.61. The third-order valence-electron chi connectivity index (χ3n) is 2.38. The monoisotopic (exact) mass is 166 g/mol. The van der Waals surface area contributed by atoms with Crippen LogP contribution in [0.15, 0.2) is 0 Å². The highest BCUT2D eigenvalue weighted by Gasteiger charge is 2.26. The summed E-state index contributed by atoms with van der Waals surface area (Å²) >= 11 is 0. The predicted octanol–water partition coefficient (Wildman–Crippen LogP) is 2.49. The SMILES string of the molecule is CCCC#CC1(O)CCCCC1. The number of hydrogen-bond donors (Lipinski definition) is 1. The average Bonchev–Trinajstić information content (AvgIpc) is 2.06. The lowest BCUT2D eigenvalue weighted by Crippen LogP contribution is -2.29. The normalized spacial score (nSPS) is 21.2. The fraction of sp³-hybridized carbons (Fsp3) is 0.818. The van der Waals surface area contributed by atoms with E-state index in [9.17, 15) is 5.11 Å². The minimum Gasteiger partial charge on any atom is -0.378 e. The summed E-state index contributed by atoms with van der Waals surface area (Å²) in [6.07, 6.45) is 7.30. The van der Waals surface area contributed by atoms with E-state index in [1.54, 1.807) is 0 Å². The van der Waals surface area contributed by atoms with Gasteiger partial charge in [0.05, 0.1) is 0 Å². The molecule has 0 bridgehead atoms. The van der Waals surface area contributed by atoms with Crippen molar-refractivity contribution in [2.24, 2.45) is 0 Å². The molecule has 1 aliphatic carbocycles. The van der Waals surface area contributed by atoms with E-state index in [0.29, 0.717) is 0 Å². The first-order chi connectivity index (χ1) is 5.77.